The van der Waals surface area contributed by atoms with Gasteiger partial charge in [0.25, 0.3) is 0 Å². The Kier molecular flexibility index (Phi) is 33.6. The van der Waals surface area contributed by atoms with Gasteiger partial charge in [-0.15, -0.1) is 58.7 Å². The second-order valence-corrected chi connectivity index (χ2v) is 17.0. The quantitative estimate of drug-likeness (QED) is 0.0271. The van der Waals surface area contributed by atoms with Gasteiger partial charge < -0.3 is 22.5 Å². The van der Waals surface area contributed by atoms with Gasteiger partial charge >= 0.3 is 29.6 Å². The van der Waals surface area contributed by atoms with Gasteiger partial charge in [0.15, 0.2) is 0 Å². The van der Waals surface area contributed by atoms with Crippen molar-refractivity contribution in [1.29, 1.82) is 10.5 Å². The number of hydrogen-bond donors (Lipinski definition) is 2. The van der Waals surface area contributed by atoms with E-state index in [9.17, 15) is 0 Å². The van der Waals surface area contributed by atoms with Gasteiger partial charge in [0.05, 0.1) is 100 Å². The van der Waals surface area contributed by atoms with Crippen LogP contribution in [-0.2, 0) is 50.0 Å². The van der Waals surface area contributed by atoms with Crippen molar-refractivity contribution in [3.05, 3.63) is 228 Å². The molecule has 9 aromatic rings. The normalized spacial score (nSPS) is 9.39. The van der Waals surface area contributed by atoms with Gasteiger partial charge in [0.2, 0.25) is 11.9 Å². The molecular formula is C57H54Cl4N21Na. The zero-order valence-corrected chi connectivity index (χ0v) is 50.8. The van der Waals surface area contributed by atoms with Crippen LogP contribution in [0.4, 0.5) is 11.9 Å². The van der Waals surface area contributed by atoms with Crippen molar-refractivity contribution in [2.45, 2.75) is 70.8 Å². The number of nitrogens with zero attached hydrogens (tertiary/aromatic N) is 19. The number of halogens is 4. The Balaban J connectivity index is 0.000000373. The Bertz CT molecular complexity index is 3590. The largest absolute Gasteiger partial charge is 1.00 e. The van der Waals surface area contributed by atoms with Crippen molar-refractivity contribution in [2.75, 3.05) is 11.5 Å². The third kappa shape index (κ3) is 24.9. The first-order valence-electron chi connectivity index (χ1n) is 24.5. The molecule has 0 radical (unpaired) electrons. The number of nitrogen functional groups attached to an aromatic ring is 2. The fraction of sp³-hybridized carbons (Fsp3) is 0.193. The van der Waals surface area contributed by atoms with Crippen LogP contribution in [0.25, 0.3) is 60.3 Å². The van der Waals surface area contributed by atoms with E-state index in [0.29, 0.717) is 70.3 Å². The van der Waals surface area contributed by atoms with Crippen LogP contribution in [0, 0.1) is 35.0 Å². The van der Waals surface area contributed by atoms with E-state index in [1.807, 2.05) is 91.9 Å². The number of azide groups is 1. The van der Waals surface area contributed by atoms with Crippen molar-refractivity contribution >= 4 is 59.1 Å². The molecule has 0 spiro atoms. The number of aromatic nitrogens is 11. The van der Waals surface area contributed by atoms with Gasteiger partial charge in [-0.1, -0.05) is 85.6 Å². The monoisotopic (exact) mass is 1200 g/mol. The minimum absolute atomic E-state index is 0. The van der Waals surface area contributed by atoms with Crippen LogP contribution in [-0.4, -0.2) is 54.9 Å². The first-order valence-corrected chi connectivity index (χ1v) is 26.1. The fourth-order valence-corrected chi connectivity index (χ4v) is 7.25. The molecule has 0 amide bonds. The zero-order valence-electron chi connectivity index (χ0n) is 45.7. The predicted molar refractivity (Wildman–Crippen MR) is 323 cm³/mol. The Hall–Kier alpha value is -8.74. The molecule has 0 fully saturated rings. The summed E-state index contributed by atoms with van der Waals surface area (Å²) in [6.07, 6.45) is 9.84. The van der Waals surface area contributed by atoms with Crippen LogP contribution >= 0.6 is 47.2 Å². The maximum absolute atomic E-state index is 9.12. The summed E-state index contributed by atoms with van der Waals surface area (Å²) in [5.74, 6) is 4.07. The average Bonchev–Trinajstić information content (AvgIpc) is 4.27. The van der Waals surface area contributed by atoms with E-state index in [1.165, 1.54) is 4.91 Å². The minimum atomic E-state index is 0. The SMILES string of the molecule is C#Cc1cc(-c2cccc(C#N)c2)nc(N)n1.CCc1cccc(CCl)n1.CCc1cccc(CN=[N+]=[N-])n1.CCc1cccc(Cn2cc(-c3cc(-c4cccc(C#N)c4)nc(N)n3)nn2)n1.Cl.ClCc1cccc(CCl)n1.[N-]=[N+]=[N-].[Na+]. The van der Waals surface area contributed by atoms with Crippen molar-refractivity contribution in [3.8, 4) is 58.4 Å². The number of benzene rings is 2. The summed E-state index contributed by atoms with van der Waals surface area (Å²) in [5, 5.41) is 29.8. The first kappa shape index (κ1) is 70.4. The summed E-state index contributed by atoms with van der Waals surface area (Å²) in [5.41, 5.74) is 46.2. The number of hydrogen-bond acceptors (Lipinski definition) is 15. The molecule has 0 atom stereocenters. The van der Waals surface area contributed by atoms with Crippen LogP contribution in [0.2, 0.25) is 0 Å². The molecule has 83 heavy (non-hydrogen) atoms. The Labute approximate surface area is 524 Å². The molecule has 416 valence electrons. The van der Waals surface area contributed by atoms with Gasteiger partial charge in [-0.2, -0.15) is 10.5 Å². The summed E-state index contributed by atoms with van der Waals surface area (Å²) in [6.45, 7) is 7.05. The van der Waals surface area contributed by atoms with E-state index in [1.54, 1.807) is 59.4 Å². The van der Waals surface area contributed by atoms with Gasteiger partial charge in [0.1, 0.15) is 11.4 Å². The molecule has 9 rings (SSSR count). The van der Waals surface area contributed by atoms with Crippen LogP contribution in [0.3, 0.4) is 0 Å². The maximum Gasteiger partial charge on any atom is 1.00 e. The molecule has 0 saturated heterocycles. The second kappa shape index (κ2) is 39.6. The van der Waals surface area contributed by atoms with E-state index < -0.39 is 0 Å². The van der Waals surface area contributed by atoms with Gasteiger partial charge in [0, 0.05) is 38.8 Å². The minimum Gasteiger partial charge on any atom is -0.373 e. The Morgan fingerprint density at radius 2 is 0.940 bits per heavy atom. The smallest absolute Gasteiger partial charge is 0.373 e. The number of nitrogens with two attached hydrogens (primary N) is 2. The van der Waals surface area contributed by atoms with Crippen molar-refractivity contribution in [2.24, 2.45) is 5.11 Å². The number of pyridine rings is 4. The van der Waals surface area contributed by atoms with E-state index in [4.69, 9.17) is 79.8 Å². The van der Waals surface area contributed by atoms with Crippen molar-refractivity contribution in [3.63, 3.8) is 0 Å². The van der Waals surface area contributed by atoms with Gasteiger partial charge in [-0.3, -0.25) is 24.8 Å². The number of rotatable bonds is 13. The molecule has 0 bridgehead atoms. The molecule has 0 saturated carbocycles. The molecule has 7 aromatic heterocycles. The summed E-state index contributed by atoms with van der Waals surface area (Å²) in [7, 11) is 0. The molecule has 4 N–H and O–H groups in total. The van der Waals surface area contributed by atoms with E-state index in [0.717, 1.165) is 75.9 Å². The number of alkyl halides is 3. The molecule has 0 aliphatic rings. The molecule has 26 heteroatoms. The number of nitriles is 2. The van der Waals surface area contributed by atoms with Crippen LogP contribution in [0.1, 0.15) is 83.1 Å². The third-order valence-corrected chi connectivity index (χ3v) is 11.4. The number of terminal acetylenes is 1. The predicted octanol–water partition coefficient (Wildman–Crippen LogP) is 10.1. The average molecular weight is 1200 g/mol. The van der Waals surface area contributed by atoms with E-state index >= 15 is 0 Å². The van der Waals surface area contributed by atoms with E-state index in [-0.39, 0.29) is 53.9 Å². The number of aryl methyl sites for hydroxylation is 3. The molecular weight excluding hydrogens is 1140 g/mol. The Morgan fingerprint density at radius 1 is 0.542 bits per heavy atom. The molecule has 0 unspecified atom stereocenters. The third-order valence-electron chi connectivity index (χ3n) is 10.6. The first-order chi connectivity index (χ1) is 39.4. The summed E-state index contributed by atoms with van der Waals surface area (Å²) >= 11 is 16.7. The molecule has 0 aliphatic heterocycles. The standard InChI is InChI=1S/C21H18N8.C13H8N4.C8H10ClN.C8H10N4.C7H7Cl2N.ClH.N3.Na/c1-2-16-7-4-8-17(24-16)12-29-13-20(27-28-29)19-10-18(25-21(23)26-19)15-6-3-5-14(9-15)11-22;1-2-11-7-12(17-13(15)16-11)10-5-3-4-9(6-10)8-14;1-2-7-4-3-5-8(6-9)10-7;1-2-7-4-3-5-8(11-7)6-10-12-9;8-4-6-2-1-3-7(5-9)10-6;;1-3-2;/h3-10,13H,2,12H2,1H3,(H2,23,25,26);1,3-7H,(H2,15,16,17);3-5H,2,6H2,1H3;3-5H,2,6H2,1H3;1-3H,4-5H2;1H;;/q;;;;;;-1;+1. The van der Waals surface area contributed by atoms with Crippen LogP contribution in [0.15, 0.2) is 145 Å². The topological polar surface area (TPSA) is 341 Å². The maximum atomic E-state index is 9.12. The molecule has 2 aromatic carbocycles. The summed E-state index contributed by atoms with van der Waals surface area (Å²) < 4.78 is 1.71. The van der Waals surface area contributed by atoms with Gasteiger partial charge in [-0.05, 0) is 110 Å². The molecule has 7 heterocycles. The second-order valence-electron chi connectivity index (χ2n) is 16.2. The van der Waals surface area contributed by atoms with Crippen molar-refractivity contribution < 1.29 is 29.6 Å². The van der Waals surface area contributed by atoms with E-state index in [2.05, 4.69) is 92.1 Å². The molecule has 21 nitrogen and oxygen atoms in total. The summed E-state index contributed by atoms with van der Waals surface area (Å²) in [6, 6.07) is 45.2. The van der Waals surface area contributed by atoms with Crippen LogP contribution in [0.5, 0.6) is 0 Å². The van der Waals surface area contributed by atoms with Crippen LogP contribution < -0.4 is 41.0 Å². The molecule has 0 aliphatic carbocycles. The summed E-state index contributed by atoms with van der Waals surface area (Å²) in [4.78, 5) is 38.0. The Morgan fingerprint density at radius 3 is 1.40 bits per heavy atom. The number of anilines is 2. The zero-order chi connectivity index (χ0) is 58.8. The fourth-order valence-electron chi connectivity index (χ4n) is 6.80. The van der Waals surface area contributed by atoms with Crippen molar-refractivity contribution in [1.82, 2.24) is 54.9 Å². The van der Waals surface area contributed by atoms with Gasteiger partial charge in [-0.25, -0.2) is 24.6 Å².